The summed E-state index contributed by atoms with van der Waals surface area (Å²) in [6.07, 6.45) is 1.71. The van der Waals surface area contributed by atoms with Gasteiger partial charge in [-0.15, -0.1) is 5.10 Å². The second-order valence-electron chi connectivity index (χ2n) is 4.46. The molecule has 0 spiro atoms. The van der Waals surface area contributed by atoms with Crippen LogP contribution in [0.25, 0.3) is 10.8 Å². The van der Waals surface area contributed by atoms with Gasteiger partial charge in [0, 0.05) is 39.6 Å². The summed E-state index contributed by atoms with van der Waals surface area (Å²) >= 11 is 0. The van der Waals surface area contributed by atoms with E-state index in [-0.39, 0.29) is 6.04 Å². The molecule has 18 heavy (non-hydrogen) atoms. The third kappa shape index (κ3) is 2.85. The molecule has 2 aromatic rings. The molecule has 1 aromatic carbocycles. The lowest BCUT2D eigenvalue weighted by atomic mass is 10.1. The minimum atomic E-state index is -0.818. The first-order valence-electron chi connectivity index (χ1n) is 5.86. The molecular formula is C13H17N3OS. The minimum Gasteiger partial charge on any atom is -0.365 e. The molecule has 1 N–H and O–H groups in total. The highest BCUT2D eigenvalue weighted by atomic mass is 32.2. The van der Waals surface area contributed by atoms with Crippen LogP contribution in [-0.4, -0.2) is 32.5 Å². The highest BCUT2D eigenvalue weighted by molar-refractivity contribution is 7.84. The van der Waals surface area contributed by atoms with Crippen LogP contribution in [0.1, 0.15) is 12.6 Å². The van der Waals surface area contributed by atoms with Crippen molar-refractivity contribution in [1.82, 2.24) is 10.2 Å². The zero-order valence-electron chi connectivity index (χ0n) is 10.8. The van der Waals surface area contributed by atoms with Crippen LogP contribution in [0, 0.1) is 6.92 Å². The number of nitrogens with zero attached hydrogens (tertiary/aromatic N) is 2. The molecule has 1 heterocycles. The first kappa shape index (κ1) is 13.0. The molecule has 0 aliphatic rings. The van der Waals surface area contributed by atoms with Gasteiger partial charge in [0.1, 0.15) is 0 Å². The van der Waals surface area contributed by atoms with Gasteiger partial charge in [0.15, 0.2) is 5.82 Å². The van der Waals surface area contributed by atoms with Crippen molar-refractivity contribution in [2.45, 2.75) is 19.9 Å². The number of nitrogens with one attached hydrogen (secondary N) is 1. The van der Waals surface area contributed by atoms with Crippen LogP contribution in [0.3, 0.4) is 0 Å². The predicted molar refractivity (Wildman–Crippen MR) is 76.3 cm³/mol. The van der Waals surface area contributed by atoms with E-state index in [1.807, 2.05) is 38.1 Å². The van der Waals surface area contributed by atoms with E-state index < -0.39 is 10.8 Å². The summed E-state index contributed by atoms with van der Waals surface area (Å²) in [4.78, 5) is 0. The van der Waals surface area contributed by atoms with Crippen molar-refractivity contribution in [2.24, 2.45) is 0 Å². The van der Waals surface area contributed by atoms with Crippen LogP contribution in [0.5, 0.6) is 0 Å². The normalized spacial score (nSPS) is 14.4. The molecule has 1 aromatic heterocycles. The molecule has 2 atom stereocenters. The van der Waals surface area contributed by atoms with Gasteiger partial charge in [-0.2, -0.15) is 5.10 Å². The van der Waals surface area contributed by atoms with Crippen LogP contribution in [0.15, 0.2) is 24.3 Å². The Kier molecular flexibility index (Phi) is 3.91. The molecule has 0 aliphatic carbocycles. The Morgan fingerprint density at radius 3 is 2.61 bits per heavy atom. The number of rotatable bonds is 4. The van der Waals surface area contributed by atoms with Gasteiger partial charge in [0.2, 0.25) is 0 Å². The van der Waals surface area contributed by atoms with Gasteiger partial charge < -0.3 is 5.32 Å². The van der Waals surface area contributed by atoms with Crippen LogP contribution in [-0.2, 0) is 10.8 Å². The smallest absolute Gasteiger partial charge is 0.156 e. The largest absolute Gasteiger partial charge is 0.365 e. The quantitative estimate of drug-likeness (QED) is 0.918. The maximum atomic E-state index is 11.2. The lowest BCUT2D eigenvalue weighted by molar-refractivity contribution is 0.682. The highest BCUT2D eigenvalue weighted by Crippen LogP contribution is 2.22. The Bertz CT molecular complexity index is 585. The number of hydrogen-bond donors (Lipinski definition) is 1. The fourth-order valence-corrected chi connectivity index (χ4v) is 2.76. The summed E-state index contributed by atoms with van der Waals surface area (Å²) < 4.78 is 11.2. The van der Waals surface area contributed by atoms with Crippen molar-refractivity contribution in [3.63, 3.8) is 0 Å². The van der Waals surface area contributed by atoms with E-state index in [0.29, 0.717) is 5.75 Å². The molecule has 0 saturated carbocycles. The first-order valence-corrected chi connectivity index (χ1v) is 7.59. The predicted octanol–water partition coefficient (Wildman–Crippen LogP) is 2.12. The molecule has 0 aliphatic heterocycles. The van der Waals surface area contributed by atoms with Crippen molar-refractivity contribution in [3.8, 4) is 0 Å². The van der Waals surface area contributed by atoms with Crippen molar-refractivity contribution < 1.29 is 4.21 Å². The van der Waals surface area contributed by atoms with Crippen LogP contribution >= 0.6 is 0 Å². The van der Waals surface area contributed by atoms with Gasteiger partial charge in [-0.05, 0) is 13.8 Å². The molecule has 96 valence electrons. The van der Waals surface area contributed by atoms with Crippen LogP contribution < -0.4 is 5.32 Å². The molecular weight excluding hydrogens is 246 g/mol. The molecule has 0 amide bonds. The molecule has 2 rings (SSSR count). The average Bonchev–Trinajstić information content (AvgIpc) is 2.32. The topological polar surface area (TPSA) is 54.9 Å². The van der Waals surface area contributed by atoms with Gasteiger partial charge in [-0.1, -0.05) is 24.3 Å². The van der Waals surface area contributed by atoms with Gasteiger partial charge in [0.25, 0.3) is 0 Å². The Morgan fingerprint density at radius 1 is 1.28 bits per heavy atom. The maximum absolute atomic E-state index is 11.2. The standard InChI is InChI=1S/C13H17N3OS/c1-9(8-18(3)17)14-13-12-7-5-4-6-11(12)10(2)15-16-13/h4-7,9H,8H2,1-3H3,(H,14,16). The van der Waals surface area contributed by atoms with Crippen molar-refractivity contribution in [1.29, 1.82) is 0 Å². The van der Waals surface area contributed by atoms with Crippen molar-refractivity contribution in [2.75, 3.05) is 17.3 Å². The van der Waals surface area contributed by atoms with E-state index in [0.717, 1.165) is 22.3 Å². The molecule has 0 radical (unpaired) electrons. The zero-order chi connectivity index (χ0) is 13.1. The molecule has 2 unspecified atom stereocenters. The monoisotopic (exact) mass is 263 g/mol. The molecule has 0 bridgehead atoms. The van der Waals surface area contributed by atoms with Gasteiger partial charge in [-0.25, -0.2) is 0 Å². The summed E-state index contributed by atoms with van der Waals surface area (Å²) in [6.45, 7) is 3.95. The Morgan fingerprint density at radius 2 is 1.94 bits per heavy atom. The van der Waals surface area contributed by atoms with E-state index in [1.54, 1.807) is 6.26 Å². The molecule has 0 saturated heterocycles. The Labute approximate surface area is 109 Å². The zero-order valence-corrected chi connectivity index (χ0v) is 11.6. The summed E-state index contributed by atoms with van der Waals surface area (Å²) in [5, 5.41) is 13.8. The fraction of sp³-hybridized carbons (Fsp3) is 0.385. The third-order valence-corrected chi connectivity index (χ3v) is 3.71. The van der Waals surface area contributed by atoms with E-state index in [4.69, 9.17) is 0 Å². The van der Waals surface area contributed by atoms with Gasteiger partial charge in [0.05, 0.1) is 5.69 Å². The number of hydrogen-bond acceptors (Lipinski definition) is 4. The van der Waals surface area contributed by atoms with E-state index >= 15 is 0 Å². The summed E-state index contributed by atoms with van der Waals surface area (Å²) in [5.74, 6) is 1.36. The summed E-state index contributed by atoms with van der Waals surface area (Å²) in [5.41, 5.74) is 0.919. The third-order valence-electron chi connectivity index (χ3n) is 2.74. The molecule has 5 heteroatoms. The SMILES string of the molecule is Cc1nnc(NC(C)CS(C)=O)c2ccccc12. The molecule has 4 nitrogen and oxygen atoms in total. The van der Waals surface area contributed by atoms with Gasteiger partial charge >= 0.3 is 0 Å². The number of aryl methyl sites for hydroxylation is 1. The fourth-order valence-electron chi connectivity index (χ4n) is 1.97. The average molecular weight is 263 g/mol. The number of anilines is 1. The summed E-state index contributed by atoms with van der Waals surface area (Å²) in [7, 11) is -0.818. The molecule has 0 fully saturated rings. The van der Waals surface area contributed by atoms with Crippen molar-refractivity contribution >= 4 is 27.4 Å². The maximum Gasteiger partial charge on any atom is 0.156 e. The van der Waals surface area contributed by atoms with E-state index in [2.05, 4.69) is 15.5 Å². The lowest BCUT2D eigenvalue weighted by Crippen LogP contribution is -2.23. The van der Waals surface area contributed by atoms with Crippen molar-refractivity contribution in [3.05, 3.63) is 30.0 Å². The highest BCUT2D eigenvalue weighted by Gasteiger charge is 2.10. The number of fused-ring (bicyclic) bond motifs is 1. The second-order valence-corrected chi connectivity index (χ2v) is 5.94. The number of benzene rings is 1. The first-order chi connectivity index (χ1) is 8.58. The lowest BCUT2D eigenvalue weighted by Gasteiger charge is -2.14. The van der Waals surface area contributed by atoms with Gasteiger partial charge in [-0.3, -0.25) is 4.21 Å². The Balaban J connectivity index is 2.34. The second kappa shape index (κ2) is 5.44. The van der Waals surface area contributed by atoms with E-state index in [9.17, 15) is 4.21 Å². The Hall–Kier alpha value is -1.49. The number of aromatic nitrogens is 2. The summed E-state index contributed by atoms with van der Waals surface area (Å²) in [6, 6.07) is 8.14. The van der Waals surface area contributed by atoms with Crippen LogP contribution in [0.2, 0.25) is 0 Å². The minimum absolute atomic E-state index is 0.108. The van der Waals surface area contributed by atoms with E-state index in [1.165, 1.54) is 0 Å². The van der Waals surface area contributed by atoms with Crippen LogP contribution in [0.4, 0.5) is 5.82 Å².